The van der Waals surface area contributed by atoms with Crippen LogP contribution < -0.4 is 0 Å². The second-order valence-electron chi connectivity index (χ2n) is 11.3. The summed E-state index contributed by atoms with van der Waals surface area (Å²) in [5.41, 5.74) is 3.37. The van der Waals surface area contributed by atoms with E-state index in [1.54, 1.807) is 0 Å². The van der Waals surface area contributed by atoms with Crippen LogP contribution in [0.25, 0.3) is 0 Å². The summed E-state index contributed by atoms with van der Waals surface area (Å²) >= 11 is 0. The van der Waals surface area contributed by atoms with Crippen molar-refractivity contribution in [3.63, 3.8) is 0 Å². The smallest absolute Gasteiger partial charge is 0.303 e. The van der Waals surface area contributed by atoms with Crippen LogP contribution in [-0.4, -0.2) is 65.1 Å². The first-order valence-corrected chi connectivity index (χ1v) is 13.8. The van der Waals surface area contributed by atoms with Gasteiger partial charge in [0.1, 0.15) is 24.9 Å². The van der Waals surface area contributed by atoms with E-state index in [1.165, 1.54) is 30.6 Å². The highest BCUT2D eigenvalue weighted by molar-refractivity contribution is 5.66. The zero-order chi connectivity index (χ0) is 28.5. The van der Waals surface area contributed by atoms with Gasteiger partial charge in [0.25, 0.3) is 0 Å². The van der Waals surface area contributed by atoms with Crippen molar-refractivity contribution in [1.29, 1.82) is 0 Å². The van der Waals surface area contributed by atoms with Gasteiger partial charge in [-0.2, -0.15) is 0 Å². The minimum absolute atomic E-state index is 0.104. The lowest BCUT2D eigenvalue weighted by Crippen LogP contribution is -2.62. The average Bonchev–Trinajstić information content (AvgIpc) is 2.81. The zero-order valence-corrected chi connectivity index (χ0v) is 24.2. The van der Waals surface area contributed by atoms with E-state index in [4.69, 9.17) is 18.9 Å². The lowest BCUT2D eigenvalue weighted by molar-refractivity contribution is -0.329. The van der Waals surface area contributed by atoms with Crippen LogP contribution in [0.1, 0.15) is 93.4 Å². The molecular weight excluding hydrogens is 488 g/mol. The first kappa shape index (κ1) is 32.2. The summed E-state index contributed by atoms with van der Waals surface area (Å²) in [7, 11) is 0. The Kier molecular flexibility index (Phi) is 12.7. The molecule has 0 bridgehead atoms. The molecule has 8 heteroatoms. The van der Waals surface area contributed by atoms with Gasteiger partial charge in [-0.1, -0.05) is 34.9 Å². The highest BCUT2D eigenvalue weighted by Crippen LogP contribution is 2.35. The molecule has 0 aromatic heterocycles. The Morgan fingerprint density at radius 1 is 0.921 bits per heavy atom. The van der Waals surface area contributed by atoms with Crippen molar-refractivity contribution in [2.75, 3.05) is 6.61 Å². The number of carbonyl (C=O) groups is 2. The predicted molar refractivity (Wildman–Crippen MR) is 145 cm³/mol. The van der Waals surface area contributed by atoms with Gasteiger partial charge in [0.2, 0.25) is 0 Å². The number of esters is 2. The lowest BCUT2D eigenvalue weighted by Gasteiger charge is -2.45. The molecule has 0 aromatic carbocycles. The Hall–Kier alpha value is -2.00. The minimum atomic E-state index is -1.47. The largest absolute Gasteiger partial charge is 0.463 e. The van der Waals surface area contributed by atoms with Crippen LogP contribution in [0, 0.1) is 5.92 Å². The average molecular weight is 537 g/mol. The predicted octanol–water partition coefficient (Wildman–Crippen LogP) is 4.92. The molecule has 1 aliphatic heterocycles. The Labute approximate surface area is 228 Å². The molecule has 0 spiro atoms. The fourth-order valence-corrected chi connectivity index (χ4v) is 4.96. The third kappa shape index (κ3) is 10.3. The molecule has 6 atom stereocenters. The molecule has 0 radical (unpaired) electrons. The summed E-state index contributed by atoms with van der Waals surface area (Å²) in [6, 6.07) is 0. The number of hydrogen-bond donors (Lipinski definition) is 2. The maximum Gasteiger partial charge on any atom is 0.303 e. The van der Waals surface area contributed by atoms with E-state index in [-0.39, 0.29) is 12.5 Å². The van der Waals surface area contributed by atoms with Crippen LogP contribution in [0.5, 0.6) is 0 Å². The lowest BCUT2D eigenvalue weighted by atomic mass is 9.82. The summed E-state index contributed by atoms with van der Waals surface area (Å²) in [4.78, 5) is 23.0. The Morgan fingerprint density at radius 2 is 1.50 bits per heavy atom. The van der Waals surface area contributed by atoms with Gasteiger partial charge in [0.05, 0.1) is 5.60 Å². The van der Waals surface area contributed by atoms with Gasteiger partial charge in [0.15, 0.2) is 12.4 Å². The van der Waals surface area contributed by atoms with Crippen LogP contribution in [-0.2, 0) is 28.5 Å². The molecule has 1 aliphatic carbocycles. The summed E-state index contributed by atoms with van der Waals surface area (Å²) in [5.74, 6) is -1.08. The van der Waals surface area contributed by atoms with Crippen LogP contribution in [0.2, 0.25) is 0 Å². The van der Waals surface area contributed by atoms with Gasteiger partial charge < -0.3 is 29.2 Å². The summed E-state index contributed by atoms with van der Waals surface area (Å²) < 4.78 is 22.6. The van der Waals surface area contributed by atoms with Crippen LogP contribution in [0.15, 0.2) is 34.9 Å². The molecule has 1 unspecified atom stereocenters. The molecule has 2 rings (SSSR count). The SMILES string of the molecule is CC(=O)OC[C@H]1O[C@@H](OC(C)(C)C2C/C=C(\C)CC/C=C(\C)CC/C=C(\C)CC2)[C@H](O)[C@@H](O)[C@H]1OC(C)=O. The first-order chi connectivity index (χ1) is 17.8. The zero-order valence-electron chi connectivity index (χ0n) is 24.2. The van der Waals surface area contributed by atoms with Crippen molar-refractivity contribution in [3.8, 4) is 0 Å². The maximum atomic E-state index is 11.6. The number of aliphatic hydroxyl groups excluding tert-OH is 2. The number of rotatable bonds is 6. The van der Waals surface area contributed by atoms with Crippen molar-refractivity contribution in [2.24, 2.45) is 5.92 Å². The highest BCUT2D eigenvalue weighted by Gasteiger charge is 2.49. The second kappa shape index (κ2) is 15.0. The van der Waals surface area contributed by atoms with Crippen molar-refractivity contribution in [2.45, 2.75) is 130 Å². The molecule has 8 nitrogen and oxygen atoms in total. The molecule has 38 heavy (non-hydrogen) atoms. The summed E-state index contributed by atoms with van der Waals surface area (Å²) in [5, 5.41) is 21.7. The van der Waals surface area contributed by atoms with E-state index in [0.29, 0.717) is 0 Å². The second-order valence-corrected chi connectivity index (χ2v) is 11.3. The third-order valence-corrected chi connectivity index (χ3v) is 7.50. The van der Waals surface area contributed by atoms with E-state index < -0.39 is 48.2 Å². The van der Waals surface area contributed by atoms with E-state index in [1.807, 2.05) is 13.8 Å². The van der Waals surface area contributed by atoms with Gasteiger partial charge >= 0.3 is 11.9 Å². The molecule has 2 aliphatic rings. The standard InChI is InChI=1S/C30H48O8/c1-19-10-8-12-20(2)14-16-24(17-15-21(3)13-9-11-19)30(6,7)38-29-27(34)26(33)28(36-23(5)32)25(37-29)18-35-22(4)31/h10,13-14,24-29,33-34H,8-9,11-12,15-18H2,1-7H3/b19-10+,20-14+,21-13+/t24?,25-,26-,27-,28+,29+/m1/s1. The van der Waals surface area contributed by atoms with Crippen molar-refractivity contribution < 1.29 is 38.7 Å². The monoisotopic (exact) mass is 536 g/mol. The summed E-state index contributed by atoms with van der Waals surface area (Å²) in [6.07, 6.45) is 7.33. The number of hydrogen-bond acceptors (Lipinski definition) is 8. The van der Waals surface area contributed by atoms with E-state index >= 15 is 0 Å². The molecule has 1 fully saturated rings. The van der Waals surface area contributed by atoms with Gasteiger partial charge in [-0.3, -0.25) is 9.59 Å². The van der Waals surface area contributed by atoms with Gasteiger partial charge in [-0.15, -0.1) is 0 Å². The molecule has 0 aromatic rings. The third-order valence-electron chi connectivity index (χ3n) is 7.50. The van der Waals surface area contributed by atoms with Crippen LogP contribution in [0.4, 0.5) is 0 Å². The van der Waals surface area contributed by atoms with Crippen molar-refractivity contribution in [1.82, 2.24) is 0 Å². The van der Waals surface area contributed by atoms with Gasteiger partial charge in [-0.25, -0.2) is 0 Å². The summed E-state index contributed by atoms with van der Waals surface area (Å²) in [6.45, 7) is 12.7. The molecule has 1 saturated heterocycles. The van der Waals surface area contributed by atoms with E-state index in [2.05, 4.69) is 39.0 Å². The van der Waals surface area contributed by atoms with Crippen LogP contribution >= 0.6 is 0 Å². The fraction of sp³-hybridized carbons (Fsp3) is 0.733. The van der Waals surface area contributed by atoms with E-state index in [9.17, 15) is 19.8 Å². The molecule has 216 valence electrons. The Balaban J connectivity index is 2.24. The number of allylic oxidation sites excluding steroid dienone is 6. The Bertz CT molecular complexity index is 887. The topological polar surface area (TPSA) is 112 Å². The van der Waals surface area contributed by atoms with Crippen LogP contribution in [0.3, 0.4) is 0 Å². The minimum Gasteiger partial charge on any atom is -0.463 e. The van der Waals surface area contributed by atoms with Crippen molar-refractivity contribution in [3.05, 3.63) is 34.9 Å². The maximum absolute atomic E-state index is 11.6. The fourth-order valence-electron chi connectivity index (χ4n) is 4.96. The quantitative estimate of drug-likeness (QED) is 0.363. The first-order valence-electron chi connectivity index (χ1n) is 13.8. The number of ether oxygens (including phenoxy) is 4. The molecular formula is C30H48O8. The normalized spacial score (nSPS) is 34.4. The molecule has 2 N–H and O–H groups in total. The molecule has 0 saturated carbocycles. The number of carbonyl (C=O) groups excluding carboxylic acids is 2. The molecule has 1 heterocycles. The van der Waals surface area contributed by atoms with E-state index in [0.717, 1.165) is 44.9 Å². The van der Waals surface area contributed by atoms with Gasteiger partial charge in [0, 0.05) is 13.8 Å². The number of aliphatic hydroxyl groups is 2. The van der Waals surface area contributed by atoms with Gasteiger partial charge in [-0.05, 0) is 85.5 Å². The van der Waals surface area contributed by atoms with Crippen molar-refractivity contribution >= 4 is 11.9 Å². The highest BCUT2D eigenvalue weighted by atomic mass is 16.7. The molecule has 0 amide bonds. The Morgan fingerprint density at radius 3 is 2.08 bits per heavy atom.